The highest BCUT2D eigenvalue weighted by Gasteiger charge is 2.62. The third-order valence-corrected chi connectivity index (χ3v) is 7.99. The lowest BCUT2D eigenvalue weighted by atomic mass is 9.97. The summed E-state index contributed by atoms with van der Waals surface area (Å²) in [7, 11) is 2.92. The molecule has 1 fully saturated rings. The van der Waals surface area contributed by atoms with Crippen LogP contribution >= 0.6 is 6.72 Å². The van der Waals surface area contributed by atoms with Gasteiger partial charge >= 0.3 is 12.4 Å². The second-order valence-electron chi connectivity index (χ2n) is 8.43. The van der Waals surface area contributed by atoms with E-state index in [0.29, 0.717) is 16.1 Å². The molecule has 1 aliphatic heterocycles. The Hall–Kier alpha value is -3.36. The predicted molar refractivity (Wildman–Crippen MR) is 139 cm³/mol. The molecule has 0 radical (unpaired) electrons. The van der Waals surface area contributed by atoms with Crippen LogP contribution in [0.1, 0.15) is 6.23 Å². The minimum atomic E-state index is -4.01. The molecular formula is C24H24F3N2O9PS. The first-order valence-electron chi connectivity index (χ1n) is 11.5. The van der Waals surface area contributed by atoms with Crippen LogP contribution < -0.4 is 29.8 Å². The third-order valence-electron chi connectivity index (χ3n) is 5.91. The monoisotopic (exact) mass is 604 g/mol. The van der Waals surface area contributed by atoms with Crippen LogP contribution in [-0.4, -0.2) is 59.8 Å². The summed E-state index contributed by atoms with van der Waals surface area (Å²) in [6.45, 7) is -5.20. The van der Waals surface area contributed by atoms with Crippen molar-refractivity contribution in [2.24, 2.45) is 0 Å². The van der Waals surface area contributed by atoms with Crippen LogP contribution in [0.3, 0.4) is 0 Å². The van der Waals surface area contributed by atoms with E-state index in [4.69, 9.17) is 39.6 Å². The van der Waals surface area contributed by atoms with Gasteiger partial charge in [0.15, 0.2) is 18.0 Å². The standard InChI is InChI=1S/C24H24F3N2O9PS/c1-33-14-3-7-16(8-4-14)37-39(40,38-17-9-5-15(34-2)6-10-17)35-13-24(22(26)27)20(31)19(25)21(36-24)29-12-11-18(30)28-23(29)32/h3-12,19-22,31H,13H2,1-2H3,(H,28,30,32)/t19?,20?,21-,24-/m0/s1. The predicted octanol–water partition coefficient (Wildman–Crippen LogP) is 3.18. The van der Waals surface area contributed by atoms with E-state index in [9.17, 15) is 23.5 Å². The minimum absolute atomic E-state index is 0.137. The van der Waals surface area contributed by atoms with Crippen LogP contribution in [0.25, 0.3) is 0 Å². The van der Waals surface area contributed by atoms with Gasteiger partial charge in [-0.05, 0) is 48.5 Å². The quantitative estimate of drug-likeness (QED) is 0.315. The van der Waals surface area contributed by atoms with Crippen LogP contribution in [0, 0.1) is 0 Å². The Bertz CT molecular complexity index is 1420. The molecule has 2 heterocycles. The lowest BCUT2D eigenvalue weighted by Crippen LogP contribution is -2.52. The second-order valence-corrected chi connectivity index (χ2v) is 11.3. The van der Waals surface area contributed by atoms with Gasteiger partial charge in [-0.3, -0.25) is 18.9 Å². The van der Waals surface area contributed by atoms with E-state index >= 15 is 4.39 Å². The first kappa shape index (κ1) is 29.6. The van der Waals surface area contributed by atoms with E-state index in [1.807, 2.05) is 4.98 Å². The van der Waals surface area contributed by atoms with Crippen molar-refractivity contribution in [2.45, 2.75) is 30.5 Å². The Morgan fingerprint density at radius 1 is 1.00 bits per heavy atom. The van der Waals surface area contributed by atoms with Gasteiger partial charge in [0.25, 0.3) is 12.0 Å². The molecule has 2 unspecified atom stereocenters. The Morgan fingerprint density at radius 3 is 1.95 bits per heavy atom. The van der Waals surface area contributed by atoms with Gasteiger partial charge in [0.05, 0.1) is 20.8 Å². The van der Waals surface area contributed by atoms with E-state index in [0.717, 1.165) is 12.3 Å². The summed E-state index contributed by atoms with van der Waals surface area (Å²) in [5.74, 6) is 1.26. The number of aromatic amines is 1. The van der Waals surface area contributed by atoms with Crippen molar-refractivity contribution in [2.75, 3.05) is 20.8 Å². The van der Waals surface area contributed by atoms with Gasteiger partial charge in [-0.15, -0.1) is 0 Å². The largest absolute Gasteiger partial charge is 0.497 e. The van der Waals surface area contributed by atoms with Crippen LogP contribution in [-0.2, 0) is 21.1 Å². The molecule has 216 valence electrons. The molecule has 16 heteroatoms. The molecule has 0 spiro atoms. The molecule has 1 aliphatic rings. The first-order chi connectivity index (χ1) is 19.0. The fourth-order valence-electron chi connectivity index (χ4n) is 3.77. The average Bonchev–Trinajstić information content (AvgIpc) is 3.19. The van der Waals surface area contributed by atoms with Gasteiger partial charge in [-0.1, -0.05) is 0 Å². The molecule has 0 bridgehead atoms. The zero-order valence-electron chi connectivity index (χ0n) is 20.9. The Labute approximate surface area is 230 Å². The maximum absolute atomic E-state index is 15.1. The molecule has 0 amide bonds. The smallest absolute Gasteiger partial charge is 0.435 e. The van der Waals surface area contributed by atoms with Gasteiger partial charge in [-0.25, -0.2) is 18.0 Å². The van der Waals surface area contributed by atoms with Crippen molar-refractivity contribution >= 4 is 18.5 Å². The summed E-state index contributed by atoms with van der Waals surface area (Å²) in [4.78, 5) is 25.4. The summed E-state index contributed by atoms with van der Waals surface area (Å²) < 4.78 is 77.2. The highest BCUT2D eigenvalue weighted by atomic mass is 32.5. The van der Waals surface area contributed by atoms with Crippen LogP contribution in [0.15, 0.2) is 70.4 Å². The van der Waals surface area contributed by atoms with Crippen LogP contribution in [0.2, 0.25) is 0 Å². The maximum Gasteiger partial charge on any atom is 0.435 e. The number of ether oxygens (including phenoxy) is 3. The van der Waals surface area contributed by atoms with Crippen molar-refractivity contribution in [3.8, 4) is 23.0 Å². The molecule has 3 aromatic rings. The fourth-order valence-corrected chi connectivity index (χ4v) is 5.71. The second kappa shape index (κ2) is 12.0. The molecular weight excluding hydrogens is 580 g/mol. The van der Waals surface area contributed by atoms with Gasteiger partial charge in [0.1, 0.15) is 29.1 Å². The van der Waals surface area contributed by atoms with E-state index in [1.54, 1.807) is 24.3 Å². The number of aliphatic hydroxyl groups excluding tert-OH is 1. The highest BCUT2D eigenvalue weighted by Crippen LogP contribution is 2.53. The lowest BCUT2D eigenvalue weighted by molar-refractivity contribution is -0.192. The zero-order valence-corrected chi connectivity index (χ0v) is 22.7. The lowest BCUT2D eigenvalue weighted by Gasteiger charge is -2.32. The molecule has 0 aliphatic carbocycles. The van der Waals surface area contributed by atoms with Crippen LogP contribution in [0.5, 0.6) is 23.0 Å². The number of rotatable bonds is 11. The summed E-state index contributed by atoms with van der Waals surface area (Å²) in [5, 5.41) is 10.6. The number of aliphatic hydroxyl groups is 1. The summed E-state index contributed by atoms with van der Waals surface area (Å²) in [6, 6.07) is 13.0. The molecule has 1 saturated heterocycles. The maximum atomic E-state index is 15.1. The zero-order chi connectivity index (χ0) is 29.1. The number of methoxy groups -OCH3 is 2. The molecule has 4 rings (SSSR count). The first-order valence-corrected chi connectivity index (χ1v) is 14.1. The SMILES string of the molecule is COc1ccc(OP(=S)(OC[C@]2(C(F)F)O[C@H](n3ccc(=O)[nH]c3=O)C(F)C2O)Oc2ccc(OC)cc2)cc1. The molecule has 1 aromatic heterocycles. The topological polar surface area (TPSA) is 130 Å². The summed E-state index contributed by atoms with van der Waals surface area (Å²) in [6.07, 6.45) is -9.66. The number of nitrogens with zero attached hydrogens (tertiary/aromatic N) is 1. The Kier molecular flexibility index (Phi) is 8.90. The number of aromatic nitrogens is 2. The minimum Gasteiger partial charge on any atom is -0.497 e. The van der Waals surface area contributed by atoms with Crippen molar-refractivity contribution in [3.05, 3.63) is 81.6 Å². The fraction of sp³-hybridized carbons (Fsp3) is 0.333. The molecule has 2 aromatic carbocycles. The molecule has 40 heavy (non-hydrogen) atoms. The van der Waals surface area contributed by atoms with Gasteiger partial charge < -0.3 is 28.4 Å². The average molecular weight is 604 g/mol. The van der Waals surface area contributed by atoms with Crippen LogP contribution in [0.4, 0.5) is 13.2 Å². The highest BCUT2D eigenvalue weighted by molar-refractivity contribution is 8.07. The Balaban J connectivity index is 1.64. The molecule has 11 nitrogen and oxygen atoms in total. The molecule has 0 saturated carbocycles. The molecule has 2 N–H and O–H groups in total. The Morgan fingerprint density at radius 2 is 1.50 bits per heavy atom. The number of H-pyrrole nitrogens is 1. The molecule has 4 atom stereocenters. The van der Waals surface area contributed by atoms with Crippen molar-refractivity contribution in [3.63, 3.8) is 0 Å². The number of alkyl halides is 3. The van der Waals surface area contributed by atoms with E-state index in [1.165, 1.54) is 38.5 Å². The van der Waals surface area contributed by atoms with Crippen molar-refractivity contribution in [1.29, 1.82) is 0 Å². The third kappa shape index (κ3) is 6.18. The summed E-state index contributed by atoms with van der Waals surface area (Å²) >= 11 is 5.50. The summed E-state index contributed by atoms with van der Waals surface area (Å²) in [5.41, 5.74) is -4.92. The van der Waals surface area contributed by atoms with Gasteiger partial charge in [0.2, 0.25) is 0 Å². The van der Waals surface area contributed by atoms with Crippen molar-refractivity contribution < 1.29 is 46.1 Å². The van der Waals surface area contributed by atoms with E-state index < -0.39 is 55.1 Å². The number of benzene rings is 2. The van der Waals surface area contributed by atoms with Gasteiger partial charge in [0, 0.05) is 24.1 Å². The number of halogens is 3. The van der Waals surface area contributed by atoms with E-state index in [-0.39, 0.29) is 11.5 Å². The van der Waals surface area contributed by atoms with E-state index in [2.05, 4.69) is 0 Å². The number of nitrogens with one attached hydrogen (secondary N) is 1. The number of hydrogen-bond acceptors (Lipinski definition) is 10. The number of hydrogen-bond donors (Lipinski definition) is 2. The van der Waals surface area contributed by atoms with Gasteiger partial charge in [-0.2, -0.15) is 0 Å². The van der Waals surface area contributed by atoms with Crippen molar-refractivity contribution in [1.82, 2.24) is 9.55 Å². The normalized spacial score (nSPS) is 22.7.